The number of halogens is 1. The van der Waals surface area contributed by atoms with Crippen molar-refractivity contribution in [2.24, 2.45) is 0 Å². The Morgan fingerprint density at radius 1 is 1.00 bits per heavy atom. The maximum atomic E-state index is 11.5. The molecule has 0 saturated carbocycles. The number of hydrogen-bond donors (Lipinski definition) is 1. The van der Waals surface area contributed by atoms with Crippen LogP contribution in [-0.4, -0.2) is 43.1 Å². The normalized spacial score (nSPS) is 22.0. The lowest BCUT2D eigenvalue weighted by Crippen LogP contribution is -2.40. The highest BCUT2D eigenvalue weighted by atomic mass is 35.5. The predicted octanol–water partition coefficient (Wildman–Crippen LogP) is 4.59. The molecule has 0 aliphatic carbocycles. The molecule has 7 heteroatoms. The van der Waals surface area contributed by atoms with Crippen molar-refractivity contribution in [1.29, 1.82) is 0 Å². The van der Waals surface area contributed by atoms with Crippen LogP contribution in [0.25, 0.3) is 0 Å². The lowest BCUT2D eigenvalue weighted by atomic mass is 10.1. The van der Waals surface area contributed by atoms with Gasteiger partial charge in [0.05, 0.1) is 29.5 Å². The van der Waals surface area contributed by atoms with Gasteiger partial charge in [-0.3, -0.25) is 0 Å². The molecule has 2 unspecified atom stereocenters. The molecule has 1 aliphatic heterocycles. The topological polar surface area (TPSA) is 55.4 Å². The first-order valence-corrected chi connectivity index (χ1v) is 12.4. The standard InChI is InChI=1S/C18H34ClNO3S2/c1-2-3-4-5-6-7-8-9-10-11-12-13-23-18(24)20-17-15-25(21,22)14-16(17)19/h16-17H,2-15H2,1H3,(H,20,24). The molecule has 25 heavy (non-hydrogen) atoms. The predicted molar refractivity (Wildman–Crippen MR) is 110 cm³/mol. The molecule has 0 aromatic rings. The summed E-state index contributed by atoms with van der Waals surface area (Å²) in [5.74, 6) is 0.0382. The summed E-state index contributed by atoms with van der Waals surface area (Å²) in [7, 11) is -3.05. The van der Waals surface area contributed by atoms with Crippen molar-refractivity contribution >= 4 is 38.8 Å². The minimum Gasteiger partial charge on any atom is -0.471 e. The molecule has 1 heterocycles. The zero-order valence-electron chi connectivity index (χ0n) is 15.5. The number of hydrogen-bond acceptors (Lipinski definition) is 4. The third-order valence-electron chi connectivity index (χ3n) is 4.57. The molecule has 0 amide bonds. The molecule has 1 N–H and O–H groups in total. The average molecular weight is 412 g/mol. The Morgan fingerprint density at radius 3 is 2.00 bits per heavy atom. The Hall–Kier alpha value is -0.0700. The molecule has 0 aromatic carbocycles. The van der Waals surface area contributed by atoms with E-state index in [1.165, 1.54) is 57.8 Å². The highest BCUT2D eigenvalue weighted by Gasteiger charge is 2.36. The maximum Gasteiger partial charge on any atom is 0.256 e. The van der Waals surface area contributed by atoms with Crippen LogP contribution >= 0.6 is 23.8 Å². The van der Waals surface area contributed by atoms with Gasteiger partial charge < -0.3 is 10.1 Å². The third-order valence-corrected chi connectivity index (χ3v) is 7.18. The molecule has 1 fully saturated rings. The van der Waals surface area contributed by atoms with Gasteiger partial charge in [0.15, 0.2) is 9.84 Å². The van der Waals surface area contributed by atoms with Crippen LogP contribution in [0.5, 0.6) is 0 Å². The van der Waals surface area contributed by atoms with E-state index in [2.05, 4.69) is 12.2 Å². The van der Waals surface area contributed by atoms with Crippen molar-refractivity contribution in [2.75, 3.05) is 18.1 Å². The molecule has 0 spiro atoms. The third kappa shape index (κ3) is 11.3. The number of rotatable bonds is 13. The molecule has 1 rings (SSSR count). The van der Waals surface area contributed by atoms with Gasteiger partial charge in [-0.15, -0.1) is 11.6 Å². The van der Waals surface area contributed by atoms with Gasteiger partial charge in [-0.25, -0.2) is 8.42 Å². The van der Waals surface area contributed by atoms with Gasteiger partial charge in [-0.05, 0) is 18.6 Å². The van der Waals surface area contributed by atoms with Crippen LogP contribution in [0.3, 0.4) is 0 Å². The van der Waals surface area contributed by atoms with E-state index in [-0.39, 0.29) is 22.7 Å². The summed E-state index contributed by atoms with van der Waals surface area (Å²) in [6.07, 6.45) is 14.2. The van der Waals surface area contributed by atoms with Crippen LogP contribution in [0.15, 0.2) is 0 Å². The lowest BCUT2D eigenvalue weighted by Gasteiger charge is -2.16. The zero-order chi connectivity index (χ0) is 18.5. The summed E-state index contributed by atoms with van der Waals surface area (Å²) in [6, 6.07) is -0.337. The van der Waals surface area contributed by atoms with Crippen LogP contribution in [0.1, 0.15) is 77.6 Å². The molecule has 4 nitrogen and oxygen atoms in total. The SMILES string of the molecule is CCCCCCCCCCCCCOC(=S)NC1CS(=O)(=O)CC1Cl. The first-order chi connectivity index (χ1) is 11.9. The van der Waals surface area contributed by atoms with E-state index in [1.54, 1.807) is 0 Å². The summed E-state index contributed by atoms with van der Waals surface area (Å²) in [6.45, 7) is 2.83. The minimum absolute atomic E-state index is 0.00738. The van der Waals surface area contributed by atoms with E-state index in [4.69, 9.17) is 28.6 Å². The first kappa shape index (κ1) is 23.0. The molecule has 1 saturated heterocycles. The van der Waals surface area contributed by atoms with Crippen molar-refractivity contribution in [3.63, 3.8) is 0 Å². The fraction of sp³-hybridized carbons (Fsp3) is 0.944. The number of thiocarbonyl (C=S) groups is 1. The molecule has 148 valence electrons. The summed E-state index contributed by atoms with van der Waals surface area (Å²) < 4.78 is 28.5. The summed E-state index contributed by atoms with van der Waals surface area (Å²) in [4.78, 5) is 0. The van der Waals surface area contributed by atoms with Crippen LogP contribution < -0.4 is 5.32 Å². The van der Waals surface area contributed by atoms with Gasteiger partial charge in [0.1, 0.15) is 0 Å². The molecule has 0 aromatic heterocycles. The van der Waals surface area contributed by atoms with E-state index >= 15 is 0 Å². The van der Waals surface area contributed by atoms with Gasteiger partial charge >= 0.3 is 0 Å². The van der Waals surface area contributed by atoms with Gasteiger partial charge in [-0.1, -0.05) is 71.1 Å². The summed E-state index contributed by atoms with van der Waals surface area (Å²) >= 11 is 11.1. The van der Waals surface area contributed by atoms with Gasteiger partial charge in [0.2, 0.25) is 0 Å². The number of ether oxygens (including phenoxy) is 1. The lowest BCUT2D eigenvalue weighted by molar-refractivity contribution is 0.283. The number of sulfone groups is 1. The second kappa shape index (κ2) is 13.2. The van der Waals surface area contributed by atoms with Crippen molar-refractivity contribution in [3.8, 4) is 0 Å². The molecular formula is C18H34ClNO3S2. The highest BCUT2D eigenvalue weighted by molar-refractivity contribution is 7.91. The molecule has 1 aliphatic rings. The first-order valence-electron chi connectivity index (χ1n) is 9.72. The quantitative estimate of drug-likeness (QED) is 0.273. The Labute approximate surface area is 164 Å². The van der Waals surface area contributed by atoms with Crippen molar-refractivity contribution in [2.45, 2.75) is 89.0 Å². The van der Waals surface area contributed by atoms with Crippen LogP contribution in [-0.2, 0) is 14.6 Å². The maximum absolute atomic E-state index is 11.5. The molecule has 0 radical (unpaired) electrons. The van der Waals surface area contributed by atoms with E-state index in [0.29, 0.717) is 6.61 Å². The van der Waals surface area contributed by atoms with E-state index in [1.807, 2.05) is 0 Å². The summed E-state index contributed by atoms with van der Waals surface area (Å²) in [5, 5.41) is 2.75. The van der Waals surface area contributed by atoms with Gasteiger partial charge in [0.25, 0.3) is 5.17 Å². The van der Waals surface area contributed by atoms with E-state index in [9.17, 15) is 8.42 Å². The molecule has 2 atom stereocenters. The van der Waals surface area contributed by atoms with E-state index in [0.717, 1.165) is 12.8 Å². The van der Waals surface area contributed by atoms with Crippen LogP contribution in [0.2, 0.25) is 0 Å². The largest absolute Gasteiger partial charge is 0.471 e. The zero-order valence-corrected chi connectivity index (χ0v) is 17.9. The number of unbranched alkanes of at least 4 members (excludes halogenated alkanes) is 10. The monoisotopic (exact) mass is 411 g/mol. The summed E-state index contributed by atoms with van der Waals surface area (Å²) in [5.41, 5.74) is 0. The number of nitrogens with one attached hydrogen (secondary N) is 1. The number of alkyl halides is 1. The second-order valence-electron chi connectivity index (χ2n) is 7.02. The fourth-order valence-corrected chi connectivity index (χ4v) is 5.85. The van der Waals surface area contributed by atoms with Crippen molar-refractivity contribution in [1.82, 2.24) is 5.32 Å². The Kier molecular flexibility index (Phi) is 12.1. The molecular weight excluding hydrogens is 378 g/mol. The van der Waals surface area contributed by atoms with Crippen LogP contribution in [0.4, 0.5) is 0 Å². The average Bonchev–Trinajstić information content (AvgIpc) is 2.80. The highest BCUT2D eigenvalue weighted by Crippen LogP contribution is 2.18. The van der Waals surface area contributed by atoms with Gasteiger partial charge in [-0.2, -0.15) is 0 Å². The molecule has 0 bridgehead atoms. The Balaban J connectivity index is 1.90. The minimum atomic E-state index is -3.05. The smallest absolute Gasteiger partial charge is 0.256 e. The Morgan fingerprint density at radius 2 is 1.52 bits per heavy atom. The van der Waals surface area contributed by atoms with Crippen LogP contribution in [0, 0.1) is 0 Å². The van der Waals surface area contributed by atoms with Crippen molar-refractivity contribution in [3.05, 3.63) is 0 Å². The van der Waals surface area contributed by atoms with Gasteiger partial charge in [0, 0.05) is 0 Å². The van der Waals surface area contributed by atoms with Crippen molar-refractivity contribution < 1.29 is 13.2 Å². The second-order valence-corrected chi connectivity index (χ2v) is 10.1. The van der Waals surface area contributed by atoms with E-state index < -0.39 is 15.2 Å². The fourth-order valence-electron chi connectivity index (χ4n) is 3.06. The Bertz CT molecular complexity index is 471.